The number of aryl methyl sites for hydroxylation is 3. The fourth-order valence-corrected chi connectivity index (χ4v) is 2.58. The number of anilines is 2. The van der Waals surface area contributed by atoms with Crippen molar-refractivity contribution in [3.8, 4) is 0 Å². The van der Waals surface area contributed by atoms with Gasteiger partial charge in [0.15, 0.2) is 0 Å². The van der Waals surface area contributed by atoms with Gasteiger partial charge >= 0.3 is 0 Å². The summed E-state index contributed by atoms with van der Waals surface area (Å²) in [5, 5.41) is 5.35. The largest absolute Gasteiger partial charge is 0.355 e. The lowest BCUT2D eigenvalue weighted by Crippen LogP contribution is -1.95. The molecule has 1 heterocycles. The fourth-order valence-electron chi connectivity index (χ4n) is 2.40. The molecule has 0 fully saturated rings. The first-order valence-electron chi connectivity index (χ1n) is 6.94. The summed E-state index contributed by atoms with van der Waals surface area (Å²) in [6, 6.07) is 14.4. The van der Waals surface area contributed by atoms with Crippen LogP contribution in [0, 0.1) is 20.8 Å². The molecule has 0 spiro atoms. The van der Waals surface area contributed by atoms with Gasteiger partial charge in [0, 0.05) is 27.5 Å². The van der Waals surface area contributed by atoms with Crippen molar-refractivity contribution >= 4 is 33.9 Å². The van der Waals surface area contributed by atoms with Crippen LogP contribution < -0.4 is 5.32 Å². The van der Waals surface area contributed by atoms with Crippen molar-refractivity contribution in [3.63, 3.8) is 0 Å². The second kappa shape index (κ2) is 5.38. The molecule has 0 saturated carbocycles. The zero-order valence-electron chi connectivity index (χ0n) is 12.4. The third-order valence-electron chi connectivity index (χ3n) is 3.54. The van der Waals surface area contributed by atoms with Crippen molar-refractivity contribution in [2.75, 3.05) is 5.32 Å². The normalized spacial score (nSPS) is 10.9. The highest BCUT2D eigenvalue weighted by atomic mass is 35.5. The molecule has 1 aromatic heterocycles. The van der Waals surface area contributed by atoms with Gasteiger partial charge in [0.25, 0.3) is 0 Å². The molecule has 0 saturated heterocycles. The molecule has 3 heteroatoms. The van der Waals surface area contributed by atoms with E-state index in [0.29, 0.717) is 0 Å². The van der Waals surface area contributed by atoms with Crippen LogP contribution in [0.3, 0.4) is 0 Å². The zero-order chi connectivity index (χ0) is 15.0. The Labute approximate surface area is 129 Å². The lowest BCUT2D eigenvalue weighted by atomic mass is 10.1. The predicted octanol–water partition coefficient (Wildman–Crippen LogP) is 5.56. The summed E-state index contributed by atoms with van der Waals surface area (Å²) in [5.74, 6) is 0. The Morgan fingerprint density at radius 2 is 1.76 bits per heavy atom. The van der Waals surface area contributed by atoms with E-state index >= 15 is 0 Å². The molecular weight excluding hydrogens is 280 g/mol. The fraction of sp³-hybridized carbons (Fsp3) is 0.167. The Kier molecular flexibility index (Phi) is 3.56. The van der Waals surface area contributed by atoms with Crippen LogP contribution >= 0.6 is 11.6 Å². The standard InChI is InChI=1S/C18H17ClN2/c1-11-4-7-17-15(8-11)18(9-13(3)20-17)21-14-6-5-12(2)16(19)10-14/h4-10H,1-3H3,(H,20,21). The minimum Gasteiger partial charge on any atom is -0.355 e. The van der Waals surface area contributed by atoms with Crippen LogP contribution in [-0.4, -0.2) is 4.98 Å². The quantitative estimate of drug-likeness (QED) is 0.670. The average molecular weight is 297 g/mol. The summed E-state index contributed by atoms with van der Waals surface area (Å²) in [6.45, 7) is 6.10. The van der Waals surface area contributed by atoms with Crippen LogP contribution in [0.15, 0.2) is 42.5 Å². The third kappa shape index (κ3) is 2.86. The number of rotatable bonds is 2. The van der Waals surface area contributed by atoms with E-state index in [0.717, 1.165) is 38.6 Å². The number of hydrogen-bond donors (Lipinski definition) is 1. The summed E-state index contributed by atoms with van der Waals surface area (Å²) in [5.41, 5.74) is 6.33. The van der Waals surface area contributed by atoms with Crippen LogP contribution in [0.1, 0.15) is 16.8 Å². The summed E-state index contributed by atoms with van der Waals surface area (Å²) < 4.78 is 0. The van der Waals surface area contributed by atoms with Gasteiger partial charge in [-0.2, -0.15) is 0 Å². The van der Waals surface area contributed by atoms with E-state index in [2.05, 4.69) is 41.5 Å². The van der Waals surface area contributed by atoms with Crippen LogP contribution in [0.25, 0.3) is 10.9 Å². The van der Waals surface area contributed by atoms with Gasteiger partial charge in [-0.25, -0.2) is 0 Å². The van der Waals surface area contributed by atoms with E-state index in [9.17, 15) is 0 Å². The molecule has 0 aliphatic heterocycles. The van der Waals surface area contributed by atoms with E-state index in [1.165, 1.54) is 5.56 Å². The van der Waals surface area contributed by atoms with Gasteiger partial charge in [0.05, 0.1) is 5.52 Å². The molecule has 0 unspecified atom stereocenters. The van der Waals surface area contributed by atoms with Crippen molar-refractivity contribution in [3.05, 3.63) is 64.3 Å². The maximum absolute atomic E-state index is 6.20. The molecule has 1 N–H and O–H groups in total. The minimum atomic E-state index is 0.770. The van der Waals surface area contributed by atoms with Crippen LogP contribution in [-0.2, 0) is 0 Å². The summed E-state index contributed by atoms with van der Waals surface area (Å²) >= 11 is 6.20. The Bertz CT molecular complexity index is 825. The molecule has 0 aliphatic carbocycles. The van der Waals surface area contributed by atoms with Gasteiger partial charge in [0.1, 0.15) is 0 Å². The number of hydrogen-bond acceptors (Lipinski definition) is 2. The lowest BCUT2D eigenvalue weighted by molar-refractivity contribution is 1.25. The Morgan fingerprint density at radius 3 is 2.52 bits per heavy atom. The number of halogens is 1. The van der Waals surface area contributed by atoms with Crippen molar-refractivity contribution in [2.45, 2.75) is 20.8 Å². The summed E-state index contributed by atoms with van der Waals surface area (Å²) in [6.07, 6.45) is 0. The molecule has 3 rings (SSSR count). The number of pyridine rings is 1. The molecular formula is C18H17ClN2. The van der Waals surface area contributed by atoms with Crippen molar-refractivity contribution in [2.24, 2.45) is 0 Å². The van der Waals surface area contributed by atoms with Gasteiger partial charge in [0.2, 0.25) is 0 Å². The first-order chi connectivity index (χ1) is 10.0. The lowest BCUT2D eigenvalue weighted by Gasteiger charge is -2.12. The number of nitrogens with zero attached hydrogens (tertiary/aromatic N) is 1. The molecule has 0 aliphatic rings. The smallest absolute Gasteiger partial charge is 0.0726 e. The van der Waals surface area contributed by atoms with Crippen molar-refractivity contribution in [1.82, 2.24) is 4.98 Å². The van der Waals surface area contributed by atoms with Gasteiger partial charge in [-0.15, -0.1) is 0 Å². The van der Waals surface area contributed by atoms with Crippen LogP contribution in [0.2, 0.25) is 5.02 Å². The van der Waals surface area contributed by atoms with E-state index in [1.54, 1.807) is 0 Å². The Morgan fingerprint density at radius 1 is 0.952 bits per heavy atom. The molecule has 0 bridgehead atoms. The Hall–Kier alpha value is -2.06. The highest BCUT2D eigenvalue weighted by Crippen LogP contribution is 2.29. The maximum atomic E-state index is 6.20. The van der Waals surface area contributed by atoms with Crippen molar-refractivity contribution in [1.29, 1.82) is 0 Å². The molecule has 106 valence electrons. The summed E-state index contributed by atoms with van der Waals surface area (Å²) in [4.78, 5) is 4.58. The summed E-state index contributed by atoms with van der Waals surface area (Å²) in [7, 11) is 0. The molecule has 0 atom stereocenters. The highest BCUT2D eigenvalue weighted by molar-refractivity contribution is 6.31. The van der Waals surface area contributed by atoms with Gasteiger partial charge in [-0.3, -0.25) is 4.98 Å². The topological polar surface area (TPSA) is 24.9 Å². The second-order valence-corrected chi connectivity index (χ2v) is 5.83. The monoisotopic (exact) mass is 296 g/mol. The van der Waals surface area contributed by atoms with Gasteiger partial charge < -0.3 is 5.32 Å². The van der Waals surface area contributed by atoms with Gasteiger partial charge in [-0.05, 0) is 56.7 Å². The molecule has 2 nitrogen and oxygen atoms in total. The molecule has 0 amide bonds. The van der Waals surface area contributed by atoms with E-state index < -0.39 is 0 Å². The number of nitrogens with one attached hydrogen (secondary N) is 1. The van der Waals surface area contributed by atoms with E-state index in [1.807, 2.05) is 32.0 Å². The van der Waals surface area contributed by atoms with E-state index in [-0.39, 0.29) is 0 Å². The zero-order valence-corrected chi connectivity index (χ0v) is 13.1. The third-order valence-corrected chi connectivity index (χ3v) is 3.95. The van der Waals surface area contributed by atoms with Crippen LogP contribution in [0.5, 0.6) is 0 Å². The SMILES string of the molecule is Cc1ccc2nc(C)cc(Nc3ccc(C)c(Cl)c3)c2c1. The van der Waals surface area contributed by atoms with Crippen LogP contribution in [0.4, 0.5) is 11.4 Å². The maximum Gasteiger partial charge on any atom is 0.0726 e. The van der Waals surface area contributed by atoms with Gasteiger partial charge in [-0.1, -0.05) is 29.3 Å². The second-order valence-electron chi connectivity index (χ2n) is 5.42. The molecule has 0 radical (unpaired) electrons. The number of aromatic nitrogens is 1. The minimum absolute atomic E-state index is 0.770. The predicted molar refractivity (Wildman–Crippen MR) is 90.7 cm³/mol. The van der Waals surface area contributed by atoms with Crippen molar-refractivity contribution < 1.29 is 0 Å². The number of benzene rings is 2. The number of fused-ring (bicyclic) bond motifs is 1. The molecule has 3 aromatic rings. The Balaban J connectivity index is 2.10. The average Bonchev–Trinajstić information content (AvgIpc) is 2.43. The van der Waals surface area contributed by atoms with E-state index in [4.69, 9.17) is 11.6 Å². The highest BCUT2D eigenvalue weighted by Gasteiger charge is 2.06. The molecule has 21 heavy (non-hydrogen) atoms. The first kappa shape index (κ1) is 13.9. The first-order valence-corrected chi connectivity index (χ1v) is 7.32. The molecule has 2 aromatic carbocycles.